The van der Waals surface area contributed by atoms with Gasteiger partial charge in [-0.2, -0.15) is 0 Å². The number of amides is 2. The van der Waals surface area contributed by atoms with Crippen LogP contribution >= 0.6 is 11.8 Å². The minimum Gasteiger partial charge on any atom is -0.472 e. The summed E-state index contributed by atoms with van der Waals surface area (Å²) < 4.78 is 7.08. The zero-order valence-electron chi connectivity index (χ0n) is 18.2. The molecular formula is C23H27N5O3S. The molecule has 32 heavy (non-hydrogen) atoms. The monoisotopic (exact) mass is 453 g/mol. The number of rotatable bonds is 7. The number of hydrogen-bond donors (Lipinski definition) is 1. The first-order valence-electron chi connectivity index (χ1n) is 10.7. The molecule has 0 aliphatic carbocycles. The predicted octanol–water partition coefficient (Wildman–Crippen LogP) is 3.18. The van der Waals surface area contributed by atoms with Gasteiger partial charge in [0.2, 0.25) is 5.91 Å². The molecule has 0 radical (unpaired) electrons. The van der Waals surface area contributed by atoms with E-state index in [1.807, 2.05) is 49.1 Å². The van der Waals surface area contributed by atoms with Crippen molar-refractivity contribution in [3.05, 3.63) is 66.1 Å². The van der Waals surface area contributed by atoms with Crippen molar-refractivity contribution in [1.29, 1.82) is 0 Å². The van der Waals surface area contributed by atoms with Gasteiger partial charge in [0.15, 0.2) is 5.82 Å². The number of carbonyl (C=O) groups excluding carboxylic acids is 2. The summed E-state index contributed by atoms with van der Waals surface area (Å²) in [7, 11) is 0. The van der Waals surface area contributed by atoms with Gasteiger partial charge in [-0.25, -0.2) is 0 Å². The highest BCUT2D eigenvalue weighted by Gasteiger charge is 2.28. The van der Waals surface area contributed by atoms with E-state index in [2.05, 4.69) is 20.1 Å². The molecule has 3 heterocycles. The van der Waals surface area contributed by atoms with E-state index < -0.39 is 0 Å². The number of benzene rings is 1. The van der Waals surface area contributed by atoms with Crippen LogP contribution < -0.4 is 5.32 Å². The SMILES string of the molecule is CC(C)C(NC(=O)c1ccoc1)c1nnc2n1CCN(C(=O)CSc1ccccc1)CC2. The summed E-state index contributed by atoms with van der Waals surface area (Å²) in [6.07, 6.45) is 3.54. The number of thioether (sulfide) groups is 1. The number of aromatic nitrogens is 3. The van der Waals surface area contributed by atoms with E-state index in [1.54, 1.807) is 17.8 Å². The topological polar surface area (TPSA) is 93.3 Å². The summed E-state index contributed by atoms with van der Waals surface area (Å²) in [6, 6.07) is 11.3. The Morgan fingerprint density at radius 2 is 1.94 bits per heavy atom. The molecule has 9 heteroatoms. The number of carbonyl (C=O) groups is 2. The molecule has 2 amide bonds. The summed E-state index contributed by atoms with van der Waals surface area (Å²) >= 11 is 1.55. The quantitative estimate of drug-likeness (QED) is 0.553. The zero-order valence-corrected chi connectivity index (χ0v) is 19.0. The van der Waals surface area contributed by atoms with Gasteiger partial charge in [0.25, 0.3) is 5.91 Å². The van der Waals surface area contributed by atoms with Gasteiger partial charge in [-0.1, -0.05) is 32.0 Å². The van der Waals surface area contributed by atoms with E-state index in [0.717, 1.165) is 16.5 Å². The second-order valence-corrected chi connectivity index (χ2v) is 9.11. The fraction of sp³-hybridized carbons (Fsp3) is 0.391. The van der Waals surface area contributed by atoms with E-state index in [9.17, 15) is 9.59 Å². The fourth-order valence-electron chi connectivity index (χ4n) is 3.73. The van der Waals surface area contributed by atoms with Crippen molar-refractivity contribution < 1.29 is 14.0 Å². The van der Waals surface area contributed by atoms with Crippen molar-refractivity contribution in [1.82, 2.24) is 25.0 Å². The Balaban J connectivity index is 1.42. The van der Waals surface area contributed by atoms with Gasteiger partial charge < -0.3 is 19.2 Å². The van der Waals surface area contributed by atoms with Gasteiger partial charge >= 0.3 is 0 Å². The van der Waals surface area contributed by atoms with Crippen LogP contribution in [0.3, 0.4) is 0 Å². The highest BCUT2D eigenvalue weighted by atomic mass is 32.2. The summed E-state index contributed by atoms with van der Waals surface area (Å²) in [5.41, 5.74) is 0.471. The third-order valence-electron chi connectivity index (χ3n) is 5.53. The van der Waals surface area contributed by atoms with Gasteiger partial charge in [0.05, 0.1) is 23.6 Å². The highest BCUT2D eigenvalue weighted by Crippen LogP contribution is 2.24. The molecule has 2 aromatic heterocycles. The van der Waals surface area contributed by atoms with Crippen LogP contribution in [0, 0.1) is 5.92 Å². The predicted molar refractivity (Wildman–Crippen MR) is 121 cm³/mol. The van der Waals surface area contributed by atoms with Crippen LogP contribution in [-0.2, 0) is 17.8 Å². The molecule has 0 bridgehead atoms. The van der Waals surface area contributed by atoms with Gasteiger partial charge in [-0.3, -0.25) is 9.59 Å². The van der Waals surface area contributed by atoms with E-state index in [1.165, 1.54) is 12.5 Å². The second kappa shape index (κ2) is 10.0. The molecular weight excluding hydrogens is 426 g/mol. The van der Waals surface area contributed by atoms with Gasteiger partial charge in [-0.15, -0.1) is 22.0 Å². The van der Waals surface area contributed by atoms with Crippen LogP contribution in [0.4, 0.5) is 0 Å². The average molecular weight is 454 g/mol. The van der Waals surface area contributed by atoms with E-state index in [4.69, 9.17) is 4.42 Å². The third-order valence-corrected chi connectivity index (χ3v) is 6.52. The molecule has 0 spiro atoms. The lowest BCUT2D eigenvalue weighted by Crippen LogP contribution is -2.36. The van der Waals surface area contributed by atoms with Crippen molar-refractivity contribution in [2.75, 3.05) is 18.8 Å². The standard InChI is InChI=1S/C23H27N5O3S/c1-16(2)21(24-23(30)17-9-13-31-14-17)22-26-25-19-8-10-27(11-12-28(19)22)20(29)15-32-18-6-4-3-5-7-18/h3-7,9,13-14,16,21H,8,10-12,15H2,1-2H3,(H,24,30). The van der Waals surface area contributed by atoms with Crippen molar-refractivity contribution in [3.8, 4) is 0 Å². The average Bonchev–Trinajstić information content (AvgIpc) is 3.42. The lowest BCUT2D eigenvalue weighted by atomic mass is 10.0. The number of fused-ring (bicyclic) bond motifs is 1. The minimum atomic E-state index is -0.297. The number of nitrogens with one attached hydrogen (secondary N) is 1. The maximum Gasteiger partial charge on any atom is 0.255 e. The van der Waals surface area contributed by atoms with Crippen LogP contribution in [0.5, 0.6) is 0 Å². The third kappa shape index (κ3) is 5.04. The van der Waals surface area contributed by atoms with Crippen molar-refractivity contribution in [3.63, 3.8) is 0 Å². The lowest BCUT2D eigenvalue weighted by Gasteiger charge is -2.23. The summed E-state index contributed by atoms with van der Waals surface area (Å²) in [5.74, 6) is 2.00. The highest BCUT2D eigenvalue weighted by molar-refractivity contribution is 8.00. The Labute approximate surface area is 191 Å². The van der Waals surface area contributed by atoms with Crippen molar-refractivity contribution in [2.45, 2.75) is 37.8 Å². The summed E-state index contributed by atoms with van der Waals surface area (Å²) in [5, 5.41) is 11.8. The minimum absolute atomic E-state index is 0.113. The first-order valence-corrected chi connectivity index (χ1v) is 11.7. The van der Waals surface area contributed by atoms with Gasteiger partial charge in [0, 0.05) is 31.0 Å². The fourth-order valence-corrected chi connectivity index (χ4v) is 4.55. The maximum absolute atomic E-state index is 12.8. The van der Waals surface area contributed by atoms with Crippen LogP contribution in [0.2, 0.25) is 0 Å². The van der Waals surface area contributed by atoms with Crippen LogP contribution in [0.25, 0.3) is 0 Å². The Morgan fingerprint density at radius 3 is 2.66 bits per heavy atom. The van der Waals surface area contributed by atoms with Crippen molar-refractivity contribution in [2.24, 2.45) is 5.92 Å². The molecule has 0 saturated carbocycles. The lowest BCUT2D eigenvalue weighted by molar-refractivity contribution is -0.128. The molecule has 1 aromatic carbocycles. The second-order valence-electron chi connectivity index (χ2n) is 8.07. The molecule has 168 valence electrons. The first kappa shape index (κ1) is 22.1. The molecule has 4 rings (SSSR count). The smallest absolute Gasteiger partial charge is 0.255 e. The number of nitrogens with zero attached hydrogens (tertiary/aromatic N) is 4. The molecule has 1 aliphatic heterocycles. The molecule has 3 aromatic rings. The molecule has 1 aliphatic rings. The zero-order chi connectivity index (χ0) is 22.5. The van der Waals surface area contributed by atoms with E-state index in [-0.39, 0.29) is 23.8 Å². The normalized spacial score (nSPS) is 14.7. The number of furan rings is 1. The van der Waals surface area contributed by atoms with E-state index >= 15 is 0 Å². The largest absolute Gasteiger partial charge is 0.472 e. The van der Waals surface area contributed by atoms with E-state index in [0.29, 0.717) is 37.4 Å². The number of hydrogen-bond acceptors (Lipinski definition) is 6. The molecule has 0 fully saturated rings. The summed E-state index contributed by atoms with van der Waals surface area (Å²) in [4.78, 5) is 28.4. The molecule has 1 N–H and O–H groups in total. The van der Waals surface area contributed by atoms with Crippen LogP contribution in [0.1, 0.15) is 41.9 Å². The molecule has 8 nitrogen and oxygen atoms in total. The first-order chi connectivity index (χ1) is 15.5. The van der Waals surface area contributed by atoms with Gasteiger partial charge in [0.1, 0.15) is 12.1 Å². The van der Waals surface area contributed by atoms with Crippen molar-refractivity contribution >= 4 is 23.6 Å². The molecule has 1 unspecified atom stereocenters. The Morgan fingerprint density at radius 1 is 1.12 bits per heavy atom. The maximum atomic E-state index is 12.8. The Bertz CT molecular complexity index is 1050. The molecule has 0 saturated heterocycles. The Kier molecular flexibility index (Phi) is 6.94. The summed E-state index contributed by atoms with van der Waals surface area (Å²) in [6.45, 7) is 5.88. The van der Waals surface area contributed by atoms with Crippen LogP contribution in [0.15, 0.2) is 58.2 Å². The molecule has 1 atom stereocenters. The van der Waals surface area contributed by atoms with Crippen LogP contribution in [-0.4, -0.2) is 50.3 Å². The Hall–Kier alpha value is -3.07. The van der Waals surface area contributed by atoms with Gasteiger partial charge in [-0.05, 0) is 24.1 Å².